The van der Waals surface area contributed by atoms with Gasteiger partial charge in [-0.2, -0.15) is 5.10 Å². The maximum Gasteiger partial charge on any atom is 0.217 e. The quantitative estimate of drug-likeness (QED) is 0.685. The minimum Gasteiger partial charge on any atom is -0.287 e. The van der Waals surface area contributed by atoms with Gasteiger partial charge in [0.25, 0.3) is 0 Å². The van der Waals surface area contributed by atoms with Gasteiger partial charge in [-0.1, -0.05) is 4.49 Å². The van der Waals surface area contributed by atoms with Crippen LogP contribution in [-0.2, 0) is 7.05 Å². The lowest BCUT2D eigenvalue weighted by Crippen LogP contribution is -2.02. The van der Waals surface area contributed by atoms with Crippen LogP contribution in [0, 0.1) is 6.92 Å². The molecule has 0 saturated carbocycles. The van der Waals surface area contributed by atoms with Crippen molar-refractivity contribution in [2.24, 2.45) is 7.05 Å². The van der Waals surface area contributed by atoms with Gasteiger partial charge in [-0.15, -0.1) is 5.10 Å². The van der Waals surface area contributed by atoms with Gasteiger partial charge in [-0.25, -0.2) is 0 Å². The number of nitrogens with zero attached hydrogens (tertiary/aromatic N) is 4. The van der Waals surface area contributed by atoms with Crippen molar-refractivity contribution in [1.82, 2.24) is 19.4 Å². The number of ketones is 1. The number of aryl methyl sites for hydroxylation is 2. The van der Waals surface area contributed by atoms with Crippen LogP contribution in [-0.4, -0.2) is 25.2 Å². The van der Waals surface area contributed by atoms with E-state index in [-0.39, 0.29) is 5.78 Å². The molecule has 2 rings (SSSR count). The van der Waals surface area contributed by atoms with E-state index in [4.69, 9.17) is 0 Å². The van der Waals surface area contributed by atoms with Gasteiger partial charge in [0.15, 0.2) is 0 Å². The molecule has 5 nitrogen and oxygen atoms in total. The Bertz CT molecular complexity index is 460. The molecule has 2 heterocycles. The molecule has 72 valence electrons. The molecule has 0 aliphatic heterocycles. The second kappa shape index (κ2) is 3.30. The normalized spacial score (nSPS) is 10.4. The van der Waals surface area contributed by atoms with Crippen LogP contribution in [0.1, 0.15) is 21.7 Å². The van der Waals surface area contributed by atoms with Gasteiger partial charge in [0.2, 0.25) is 5.78 Å². The Morgan fingerprint density at radius 1 is 1.57 bits per heavy atom. The molecule has 14 heavy (non-hydrogen) atoms. The van der Waals surface area contributed by atoms with E-state index >= 15 is 0 Å². The van der Waals surface area contributed by atoms with Crippen molar-refractivity contribution in [2.75, 3.05) is 0 Å². The van der Waals surface area contributed by atoms with Crippen LogP contribution in [0.25, 0.3) is 0 Å². The van der Waals surface area contributed by atoms with Crippen LogP contribution in [0.2, 0.25) is 0 Å². The molecule has 0 saturated heterocycles. The van der Waals surface area contributed by atoms with E-state index in [1.165, 1.54) is 11.5 Å². The van der Waals surface area contributed by atoms with Gasteiger partial charge >= 0.3 is 0 Å². The summed E-state index contributed by atoms with van der Waals surface area (Å²) in [7, 11) is 1.78. The molecule has 0 unspecified atom stereocenters. The van der Waals surface area contributed by atoms with Crippen molar-refractivity contribution in [3.63, 3.8) is 0 Å². The zero-order valence-corrected chi connectivity index (χ0v) is 8.58. The van der Waals surface area contributed by atoms with Crippen molar-refractivity contribution in [1.29, 1.82) is 0 Å². The van der Waals surface area contributed by atoms with E-state index in [1.54, 1.807) is 30.2 Å². The third kappa shape index (κ3) is 1.44. The summed E-state index contributed by atoms with van der Waals surface area (Å²) in [5.41, 5.74) is 1.68. The van der Waals surface area contributed by atoms with Crippen LogP contribution < -0.4 is 0 Å². The largest absolute Gasteiger partial charge is 0.287 e. The fourth-order valence-corrected chi connectivity index (χ4v) is 1.66. The first-order valence-corrected chi connectivity index (χ1v) is 4.84. The van der Waals surface area contributed by atoms with Crippen LogP contribution >= 0.6 is 11.5 Å². The molecule has 0 bridgehead atoms. The Balaban J connectivity index is 2.41. The zero-order chi connectivity index (χ0) is 10.1. The summed E-state index contributed by atoms with van der Waals surface area (Å²) in [5.74, 6) is -0.121. The minimum atomic E-state index is -0.121. The lowest BCUT2D eigenvalue weighted by Gasteiger charge is -1.91. The smallest absolute Gasteiger partial charge is 0.217 e. The second-order valence-electron chi connectivity index (χ2n) is 2.92. The highest BCUT2D eigenvalue weighted by Gasteiger charge is 2.16. The molecule has 2 aromatic heterocycles. The molecular formula is C8H8N4OS. The van der Waals surface area contributed by atoms with Crippen LogP contribution in [0.4, 0.5) is 0 Å². The molecule has 6 heteroatoms. The summed E-state index contributed by atoms with van der Waals surface area (Å²) in [6, 6.07) is 0. The Hall–Kier alpha value is -1.56. The Morgan fingerprint density at radius 3 is 2.86 bits per heavy atom. The lowest BCUT2D eigenvalue weighted by atomic mass is 10.1. The number of rotatable bonds is 2. The number of carbonyl (C=O) groups excluding carboxylic acids is 1. The monoisotopic (exact) mass is 208 g/mol. The highest BCUT2D eigenvalue weighted by Crippen LogP contribution is 2.11. The van der Waals surface area contributed by atoms with Crippen molar-refractivity contribution in [3.8, 4) is 0 Å². The first kappa shape index (κ1) is 9.01. The Kier molecular flexibility index (Phi) is 2.12. The van der Waals surface area contributed by atoms with Gasteiger partial charge < -0.3 is 0 Å². The van der Waals surface area contributed by atoms with Crippen LogP contribution in [0.3, 0.4) is 0 Å². The first-order valence-electron chi connectivity index (χ1n) is 4.00. The summed E-state index contributed by atoms with van der Waals surface area (Å²) in [6.45, 7) is 1.80. The minimum absolute atomic E-state index is 0.121. The topological polar surface area (TPSA) is 60.7 Å². The van der Waals surface area contributed by atoms with Gasteiger partial charge in [0, 0.05) is 18.6 Å². The van der Waals surface area contributed by atoms with Crippen molar-refractivity contribution >= 4 is 17.3 Å². The Morgan fingerprint density at radius 2 is 2.36 bits per heavy atom. The predicted octanol–water partition coefficient (Wildman–Crippen LogP) is 0.811. The summed E-state index contributed by atoms with van der Waals surface area (Å²) in [5, 5.41) is 9.45. The molecule has 0 spiro atoms. The Labute approximate surface area is 84.5 Å². The first-order chi connectivity index (χ1) is 6.68. The molecule has 0 radical (unpaired) electrons. The fraction of sp³-hybridized carbons (Fsp3) is 0.250. The summed E-state index contributed by atoms with van der Waals surface area (Å²) >= 11 is 1.17. The molecule has 0 N–H and O–H groups in total. The molecule has 0 aliphatic carbocycles. The maximum atomic E-state index is 11.8. The molecule has 2 aromatic rings. The average molecular weight is 208 g/mol. The number of carbonyl (C=O) groups is 1. The van der Waals surface area contributed by atoms with E-state index in [2.05, 4.69) is 14.7 Å². The van der Waals surface area contributed by atoms with Gasteiger partial charge in [0.1, 0.15) is 5.69 Å². The molecule has 0 fully saturated rings. The molecule has 0 amide bonds. The molecule has 0 aliphatic rings. The zero-order valence-electron chi connectivity index (χ0n) is 7.76. The standard InChI is InChI=1S/C8H8N4OS/c1-5-6(3-12(2)10-5)8(13)7-4-14-11-9-7/h3-4H,1-2H3. The summed E-state index contributed by atoms with van der Waals surface area (Å²) < 4.78 is 5.26. The highest BCUT2D eigenvalue weighted by atomic mass is 32.1. The third-order valence-electron chi connectivity index (χ3n) is 1.85. The molecular weight excluding hydrogens is 200 g/mol. The number of hydrogen-bond donors (Lipinski definition) is 0. The SMILES string of the molecule is Cc1nn(C)cc1C(=O)c1csnn1. The lowest BCUT2D eigenvalue weighted by molar-refractivity contribution is 0.103. The van der Waals surface area contributed by atoms with Gasteiger partial charge in [0.05, 0.1) is 11.3 Å². The number of aromatic nitrogens is 4. The third-order valence-corrected chi connectivity index (χ3v) is 2.36. The predicted molar refractivity (Wildman–Crippen MR) is 51.3 cm³/mol. The van der Waals surface area contributed by atoms with E-state index in [1.807, 2.05) is 0 Å². The van der Waals surface area contributed by atoms with Crippen molar-refractivity contribution < 1.29 is 4.79 Å². The van der Waals surface area contributed by atoms with E-state index < -0.39 is 0 Å². The van der Waals surface area contributed by atoms with E-state index in [0.29, 0.717) is 17.0 Å². The van der Waals surface area contributed by atoms with E-state index in [0.717, 1.165) is 0 Å². The fourth-order valence-electron chi connectivity index (χ4n) is 1.22. The number of hydrogen-bond acceptors (Lipinski definition) is 5. The summed E-state index contributed by atoms with van der Waals surface area (Å²) in [4.78, 5) is 11.8. The average Bonchev–Trinajstić information content (AvgIpc) is 2.73. The van der Waals surface area contributed by atoms with Gasteiger partial charge in [-0.05, 0) is 18.5 Å². The summed E-state index contributed by atoms with van der Waals surface area (Å²) in [6.07, 6.45) is 1.69. The maximum absolute atomic E-state index is 11.8. The molecule has 0 aromatic carbocycles. The molecule has 0 atom stereocenters. The highest BCUT2D eigenvalue weighted by molar-refractivity contribution is 7.03. The van der Waals surface area contributed by atoms with Gasteiger partial charge in [-0.3, -0.25) is 9.48 Å². The van der Waals surface area contributed by atoms with E-state index in [9.17, 15) is 4.79 Å². The van der Waals surface area contributed by atoms with Crippen molar-refractivity contribution in [3.05, 3.63) is 28.5 Å². The second-order valence-corrected chi connectivity index (χ2v) is 3.53. The van der Waals surface area contributed by atoms with Crippen LogP contribution in [0.5, 0.6) is 0 Å². The van der Waals surface area contributed by atoms with Crippen molar-refractivity contribution in [2.45, 2.75) is 6.92 Å². The van der Waals surface area contributed by atoms with Crippen LogP contribution in [0.15, 0.2) is 11.6 Å².